The molecule has 3 fully saturated rings. The Hall–Kier alpha value is -2.45. The van der Waals surface area contributed by atoms with E-state index < -0.39 is 24.3 Å². The molecule has 8 nitrogen and oxygen atoms in total. The van der Waals surface area contributed by atoms with Crippen LogP contribution in [0.2, 0.25) is 0 Å². The lowest BCUT2D eigenvalue weighted by Gasteiger charge is -2.32. The molecule has 1 aromatic heterocycles. The summed E-state index contributed by atoms with van der Waals surface area (Å²) in [5, 5.41) is 14.2. The summed E-state index contributed by atoms with van der Waals surface area (Å²) in [5.41, 5.74) is 1.21. The predicted molar refractivity (Wildman–Crippen MR) is 109 cm³/mol. The van der Waals surface area contributed by atoms with Crippen molar-refractivity contribution in [2.24, 2.45) is 11.8 Å². The number of carboxylic acids is 2. The normalized spacial score (nSPS) is 23.5. The highest BCUT2D eigenvalue weighted by Crippen LogP contribution is 2.34. The predicted octanol–water partition coefficient (Wildman–Crippen LogP) is 2.89. The number of ether oxygens (including phenoxy) is 1. The second-order valence-electron chi connectivity index (χ2n) is 8.44. The van der Waals surface area contributed by atoms with Gasteiger partial charge in [0.1, 0.15) is 0 Å². The van der Waals surface area contributed by atoms with Gasteiger partial charge >= 0.3 is 24.3 Å². The molecule has 4 heterocycles. The Morgan fingerprint density at radius 1 is 0.914 bits per heavy atom. The molecule has 35 heavy (non-hydrogen) atoms. The van der Waals surface area contributed by atoms with Gasteiger partial charge in [-0.05, 0) is 36.8 Å². The van der Waals surface area contributed by atoms with Crippen molar-refractivity contribution >= 4 is 11.9 Å². The fraction of sp³-hybridized carbons (Fsp3) is 0.667. The third kappa shape index (κ3) is 9.61. The van der Waals surface area contributed by atoms with Gasteiger partial charge in [-0.2, -0.15) is 26.3 Å². The Morgan fingerprint density at radius 3 is 1.80 bits per heavy atom. The van der Waals surface area contributed by atoms with Crippen molar-refractivity contribution in [3.63, 3.8) is 0 Å². The zero-order valence-electron chi connectivity index (χ0n) is 18.6. The summed E-state index contributed by atoms with van der Waals surface area (Å²) in [7, 11) is 0. The van der Waals surface area contributed by atoms with E-state index in [4.69, 9.17) is 24.5 Å². The molecule has 0 bridgehead atoms. The molecule has 3 aliphatic heterocycles. The van der Waals surface area contributed by atoms with E-state index in [1.807, 2.05) is 12.3 Å². The van der Waals surface area contributed by atoms with Crippen LogP contribution < -0.4 is 0 Å². The molecule has 0 spiro atoms. The maximum Gasteiger partial charge on any atom is 0.490 e. The van der Waals surface area contributed by atoms with Crippen LogP contribution in [0.25, 0.3) is 0 Å². The summed E-state index contributed by atoms with van der Waals surface area (Å²) in [6.07, 6.45) is -5.80. The Morgan fingerprint density at radius 2 is 1.40 bits per heavy atom. The van der Waals surface area contributed by atoms with Gasteiger partial charge in [-0.1, -0.05) is 6.07 Å². The third-order valence-corrected chi connectivity index (χ3v) is 5.89. The van der Waals surface area contributed by atoms with Crippen molar-refractivity contribution in [2.75, 3.05) is 39.4 Å². The number of aliphatic carboxylic acids is 2. The summed E-state index contributed by atoms with van der Waals surface area (Å²) in [4.78, 5) is 27.6. The van der Waals surface area contributed by atoms with E-state index >= 15 is 0 Å². The molecule has 3 aliphatic rings. The fourth-order valence-electron chi connectivity index (χ4n) is 4.32. The summed E-state index contributed by atoms with van der Waals surface area (Å²) < 4.78 is 69.0. The molecule has 0 aliphatic carbocycles. The minimum Gasteiger partial charge on any atom is -0.475 e. The number of carboxylic acid groups (broad SMARTS) is 2. The lowest BCUT2D eigenvalue weighted by molar-refractivity contribution is -0.193. The molecule has 198 valence electrons. The Balaban J connectivity index is 0.000000257. The minimum atomic E-state index is -5.08. The van der Waals surface area contributed by atoms with Crippen molar-refractivity contribution in [1.82, 2.24) is 14.8 Å². The van der Waals surface area contributed by atoms with Gasteiger partial charge < -0.3 is 14.9 Å². The second kappa shape index (κ2) is 12.5. The molecule has 1 aromatic rings. The molecule has 2 N–H and O–H groups in total. The Kier molecular flexibility index (Phi) is 10.3. The first-order valence-electron chi connectivity index (χ1n) is 10.8. The van der Waals surface area contributed by atoms with Gasteiger partial charge in [0.15, 0.2) is 0 Å². The average Bonchev–Trinajstić information content (AvgIpc) is 3.33. The highest BCUT2D eigenvalue weighted by atomic mass is 19.4. The topological polar surface area (TPSA) is 103 Å². The SMILES string of the molecule is O=C(O)C(F)(F)F.O=C(O)C(F)(F)F.c1ccc(CN2C[C@@H]3CN(C4CCOCC4)C[C@@H]3C2)nc1. The highest BCUT2D eigenvalue weighted by Gasteiger charge is 2.42. The molecule has 14 heteroatoms. The van der Waals surface area contributed by atoms with Crippen LogP contribution in [-0.2, 0) is 20.9 Å². The van der Waals surface area contributed by atoms with Gasteiger partial charge in [-0.3, -0.25) is 14.8 Å². The maximum absolute atomic E-state index is 10.6. The van der Waals surface area contributed by atoms with Gasteiger partial charge in [-0.25, -0.2) is 9.59 Å². The number of carbonyl (C=O) groups is 2. The lowest BCUT2D eigenvalue weighted by Crippen LogP contribution is -2.39. The van der Waals surface area contributed by atoms with Crippen molar-refractivity contribution in [3.05, 3.63) is 30.1 Å². The first kappa shape index (κ1) is 28.8. The van der Waals surface area contributed by atoms with E-state index in [0.717, 1.165) is 37.6 Å². The highest BCUT2D eigenvalue weighted by molar-refractivity contribution is 5.73. The smallest absolute Gasteiger partial charge is 0.475 e. The molecule has 0 unspecified atom stereocenters. The largest absolute Gasteiger partial charge is 0.490 e. The number of aromatic nitrogens is 1. The van der Waals surface area contributed by atoms with E-state index in [-0.39, 0.29) is 0 Å². The van der Waals surface area contributed by atoms with Gasteiger partial charge in [-0.15, -0.1) is 0 Å². The first-order valence-corrected chi connectivity index (χ1v) is 10.8. The number of alkyl halides is 6. The third-order valence-electron chi connectivity index (χ3n) is 5.89. The van der Waals surface area contributed by atoms with Gasteiger partial charge in [0.2, 0.25) is 0 Å². The number of rotatable bonds is 3. The van der Waals surface area contributed by atoms with Crippen LogP contribution in [0.15, 0.2) is 24.4 Å². The zero-order chi connectivity index (χ0) is 26.2. The zero-order valence-corrected chi connectivity index (χ0v) is 18.6. The summed E-state index contributed by atoms with van der Waals surface area (Å²) in [6, 6.07) is 7.01. The summed E-state index contributed by atoms with van der Waals surface area (Å²) in [5.74, 6) is -3.77. The second-order valence-corrected chi connectivity index (χ2v) is 8.44. The molecule has 0 saturated carbocycles. The number of hydrogen-bond donors (Lipinski definition) is 2. The Bertz CT molecular complexity index is 780. The van der Waals surface area contributed by atoms with Crippen LogP contribution in [-0.4, -0.2) is 94.7 Å². The molecular weight excluding hydrogens is 488 g/mol. The van der Waals surface area contributed by atoms with Crippen LogP contribution >= 0.6 is 0 Å². The molecule has 0 aromatic carbocycles. The van der Waals surface area contributed by atoms with Gasteiger partial charge in [0, 0.05) is 58.2 Å². The van der Waals surface area contributed by atoms with E-state index in [1.54, 1.807) is 0 Å². The monoisotopic (exact) mass is 515 g/mol. The molecule has 0 amide bonds. The van der Waals surface area contributed by atoms with Crippen molar-refractivity contribution in [1.29, 1.82) is 0 Å². The molecular formula is C21H27F6N3O5. The van der Waals surface area contributed by atoms with Crippen LogP contribution in [0.1, 0.15) is 18.5 Å². The number of fused-ring (bicyclic) bond motifs is 1. The van der Waals surface area contributed by atoms with Crippen molar-refractivity contribution < 1.29 is 50.9 Å². The van der Waals surface area contributed by atoms with Crippen LogP contribution in [0, 0.1) is 11.8 Å². The molecule has 2 atom stereocenters. The number of halogens is 6. The van der Waals surface area contributed by atoms with E-state index in [9.17, 15) is 26.3 Å². The van der Waals surface area contributed by atoms with Crippen LogP contribution in [0.3, 0.4) is 0 Å². The van der Waals surface area contributed by atoms with Crippen LogP contribution in [0.4, 0.5) is 26.3 Å². The maximum atomic E-state index is 10.6. The van der Waals surface area contributed by atoms with Crippen molar-refractivity contribution in [3.8, 4) is 0 Å². The standard InChI is InChI=1S/C17H25N3O.2C2HF3O2/c1-2-6-18-16(3-1)13-19-9-14-11-20(12-15(14)10-19)17-4-7-21-8-5-17;2*3-2(4,5)1(6)7/h1-3,6,14-15,17H,4-5,7-13H2;2*(H,6,7)/t14-,15+;;. The van der Waals surface area contributed by atoms with Crippen molar-refractivity contribution in [2.45, 2.75) is 37.8 Å². The van der Waals surface area contributed by atoms with Gasteiger partial charge in [0.05, 0.1) is 5.69 Å². The number of likely N-dealkylation sites (tertiary alicyclic amines) is 2. The number of pyridine rings is 1. The average molecular weight is 515 g/mol. The molecule has 4 rings (SSSR count). The quantitative estimate of drug-likeness (QED) is 0.593. The van der Waals surface area contributed by atoms with E-state index in [0.29, 0.717) is 0 Å². The summed E-state index contributed by atoms with van der Waals surface area (Å²) >= 11 is 0. The number of hydrogen-bond acceptors (Lipinski definition) is 6. The lowest BCUT2D eigenvalue weighted by atomic mass is 10.0. The molecule has 3 saturated heterocycles. The van der Waals surface area contributed by atoms with E-state index in [1.165, 1.54) is 44.7 Å². The number of nitrogens with zero attached hydrogens (tertiary/aromatic N) is 3. The first-order chi connectivity index (χ1) is 16.3. The summed E-state index contributed by atoms with van der Waals surface area (Å²) in [6.45, 7) is 8.04. The minimum absolute atomic E-state index is 0.786. The van der Waals surface area contributed by atoms with Gasteiger partial charge in [0.25, 0.3) is 0 Å². The fourth-order valence-corrected chi connectivity index (χ4v) is 4.32. The van der Waals surface area contributed by atoms with E-state index in [2.05, 4.69) is 26.9 Å². The Labute approximate surface area is 197 Å². The molecule has 0 radical (unpaired) electrons. The van der Waals surface area contributed by atoms with Crippen LogP contribution in [0.5, 0.6) is 0 Å².